The van der Waals surface area contributed by atoms with Gasteiger partial charge in [-0.3, -0.25) is 4.79 Å². The van der Waals surface area contributed by atoms with Crippen molar-refractivity contribution < 1.29 is 18.0 Å². The zero-order valence-corrected chi connectivity index (χ0v) is 18.7. The normalized spacial score (nSPS) is 11.3. The Bertz CT molecular complexity index is 1280. The van der Waals surface area contributed by atoms with Gasteiger partial charge < -0.3 is 10.0 Å². The van der Waals surface area contributed by atoms with Gasteiger partial charge in [0.15, 0.2) is 0 Å². The molecule has 0 aliphatic rings. The Hall–Kier alpha value is -3.44. The molecule has 0 aliphatic carbocycles. The number of hydrogen-bond donors (Lipinski definition) is 2. The lowest BCUT2D eigenvalue weighted by molar-refractivity contribution is -0.137. The SMILES string of the molecule is Cc1ccc(NSC(=O)c2cccc(C(F)(F)F)c2)cc1Nc1nccc(-c2nccs2)n1. The van der Waals surface area contributed by atoms with Gasteiger partial charge in [-0.2, -0.15) is 13.2 Å². The number of benzene rings is 2. The van der Waals surface area contributed by atoms with Gasteiger partial charge in [0.1, 0.15) is 10.7 Å². The lowest BCUT2D eigenvalue weighted by Gasteiger charge is -2.12. The number of nitrogens with one attached hydrogen (secondary N) is 2. The molecule has 0 unspecified atom stereocenters. The Morgan fingerprint density at radius 3 is 2.67 bits per heavy atom. The third kappa shape index (κ3) is 5.68. The molecule has 0 radical (unpaired) electrons. The molecule has 0 aliphatic heterocycles. The fraction of sp³-hybridized carbons (Fsp3) is 0.0909. The number of carbonyl (C=O) groups is 1. The molecule has 2 aromatic heterocycles. The number of thiazole rings is 1. The van der Waals surface area contributed by atoms with E-state index < -0.39 is 16.9 Å². The van der Waals surface area contributed by atoms with Crippen LogP contribution in [0.4, 0.5) is 30.5 Å². The molecule has 168 valence electrons. The van der Waals surface area contributed by atoms with E-state index >= 15 is 0 Å². The van der Waals surface area contributed by atoms with Crippen LogP contribution < -0.4 is 10.0 Å². The number of aryl methyl sites for hydroxylation is 1. The van der Waals surface area contributed by atoms with Crippen LogP contribution in [0.1, 0.15) is 21.5 Å². The summed E-state index contributed by atoms with van der Waals surface area (Å²) in [4.78, 5) is 25.3. The van der Waals surface area contributed by atoms with E-state index in [2.05, 4.69) is 25.0 Å². The monoisotopic (exact) mass is 487 g/mol. The number of hydrogen-bond acceptors (Lipinski definition) is 8. The molecule has 2 heterocycles. The lowest BCUT2D eigenvalue weighted by atomic mass is 10.1. The minimum atomic E-state index is -4.51. The van der Waals surface area contributed by atoms with Crippen molar-refractivity contribution >= 4 is 45.7 Å². The molecule has 4 rings (SSSR count). The Balaban J connectivity index is 1.46. The van der Waals surface area contributed by atoms with Crippen molar-refractivity contribution in [3.63, 3.8) is 0 Å². The molecule has 2 N–H and O–H groups in total. The van der Waals surface area contributed by atoms with E-state index in [9.17, 15) is 18.0 Å². The van der Waals surface area contributed by atoms with Crippen molar-refractivity contribution in [1.29, 1.82) is 0 Å². The molecule has 0 atom stereocenters. The van der Waals surface area contributed by atoms with Crippen LogP contribution in [0, 0.1) is 6.92 Å². The first-order valence-corrected chi connectivity index (χ1v) is 11.2. The van der Waals surface area contributed by atoms with E-state index in [1.54, 1.807) is 30.6 Å². The highest BCUT2D eigenvalue weighted by atomic mass is 32.2. The summed E-state index contributed by atoms with van der Waals surface area (Å²) in [6, 6.07) is 11.5. The van der Waals surface area contributed by atoms with Crippen molar-refractivity contribution in [3.8, 4) is 10.7 Å². The number of rotatable bonds is 6. The molecule has 11 heteroatoms. The van der Waals surface area contributed by atoms with Gasteiger partial charge in [-0.1, -0.05) is 18.2 Å². The van der Waals surface area contributed by atoms with E-state index in [-0.39, 0.29) is 5.56 Å². The molecule has 4 aromatic rings. The summed E-state index contributed by atoms with van der Waals surface area (Å²) >= 11 is 2.17. The molecular formula is C22H16F3N5OS2. The van der Waals surface area contributed by atoms with Gasteiger partial charge in [-0.05, 0) is 42.8 Å². The van der Waals surface area contributed by atoms with Crippen LogP contribution >= 0.6 is 23.3 Å². The van der Waals surface area contributed by atoms with Crippen LogP contribution in [0.2, 0.25) is 0 Å². The molecule has 2 aromatic carbocycles. The Morgan fingerprint density at radius 1 is 1.06 bits per heavy atom. The van der Waals surface area contributed by atoms with Crippen LogP contribution in [0.25, 0.3) is 10.7 Å². The number of alkyl halides is 3. The predicted molar refractivity (Wildman–Crippen MR) is 125 cm³/mol. The second-order valence-electron chi connectivity index (χ2n) is 6.83. The number of carbonyl (C=O) groups excluding carboxylic acids is 1. The summed E-state index contributed by atoms with van der Waals surface area (Å²) in [5.41, 5.74) is 2.00. The predicted octanol–water partition coefficient (Wildman–Crippen LogP) is 6.57. The maximum atomic E-state index is 12.9. The summed E-state index contributed by atoms with van der Waals surface area (Å²) in [5.74, 6) is 0.385. The van der Waals surface area contributed by atoms with Crippen LogP contribution in [0.5, 0.6) is 0 Å². The van der Waals surface area contributed by atoms with Crippen LogP contribution in [0.15, 0.2) is 66.3 Å². The van der Waals surface area contributed by atoms with Crippen molar-refractivity contribution in [1.82, 2.24) is 15.0 Å². The standard InChI is InChI=1S/C22H16F3N5OS2/c1-13-5-6-16(30-33-20(31)14-3-2-4-15(11-14)22(23,24)25)12-18(13)29-21-27-8-7-17(28-21)19-26-9-10-32-19/h2-12,30H,1H3,(H,27,28,29). The van der Waals surface area contributed by atoms with Gasteiger partial charge in [0.2, 0.25) is 11.1 Å². The van der Waals surface area contributed by atoms with Crippen LogP contribution in [0.3, 0.4) is 0 Å². The van der Waals surface area contributed by atoms with Crippen molar-refractivity contribution in [2.24, 2.45) is 0 Å². The van der Waals surface area contributed by atoms with Gasteiger partial charge >= 0.3 is 6.18 Å². The molecule has 0 bridgehead atoms. The first kappa shape index (κ1) is 22.7. The smallest absolute Gasteiger partial charge is 0.324 e. The van der Waals surface area contributed by atoms with Crippen molar-refractivity contribution in [3.05, 3.63) is 83.0 Å². The molecule has 0 amide bonds. The Kier molecular flexibility index (Phi) is 6.61. The fourth-order valence-electron chi connectivity index (χ4n) is 2.82. The van der Waals surface area contributed by atoms with Gasteiger partial charge in [0, 0.05) is 46.7 Å². The molecule has 0 saturated heterocycles. The highest BCUT2D eigenvalue weighted by molar-refractivity contribution is 8.15. The van der Waals surface area contributed by atoms with E-state index in [0.717, 1.165) is 22.7 Å². The van der Waals surface area contributed by atoms with Crippen LogP contribution in [-0.2, 0) is 6.18 Å². The van der Waals surface area contributed by atoms with E-state index in [4.69, 9.17) is 0 Å². The summed E-state index contributed by atoms with van der Waals surface area (Å²) in [7, 11) is 0. The summed E-state index contributed by atoms with van der Waals surface area (Å²) in [6.45, 7) is 1.90. The number of aromatic nitrogens is 3. The zero-order chi connectivity index (χ0) is 23.4. The minimum absolute atomic E-state index is 0.0415. The average Bonchev–Trinajstić information content (AvgIpc) is 3.34. The van der Waals surface area contributed by atoms with E-state index in [1.165, 1.54) is 23.5 Å². The molecule has 0 spiro atoms. The molecule has 33 heavy (non-hydrogen) atoms. The highest BCUT2D eigenvalue weighted by Gasteiger charge is 2.30. The summed E-state index contributed by atoms with van der Waals surface area (Å²) < 4.78 is 41.6. The Morgan fingerprint density at radius 2 is 1.91 bits per heavy atom. The molecular weight excluding hydrogens is 471 g/mol. The van der Waals surface area contributed by atoms with Crippen molar-refractivity contribution in [2.45, 2.75) is 13.1 Å². The fourth-order valence-corrected chi connectivity index (χ4v) is 4.00. The summed E-state index contributed by atoms with van der Waals surface area (Å²) in [5, 5.41) is 5.26. The third-order valence-corrected chi connectivity index (χ3v) is 6.03. The van der Waals surface area contributed by atoms with Gasteiger partial charge in [-0.25, -0.2) is 15.0 Å². The maximum Gasteiger partial charge on any atom is 0.416 e. The van der Waals surface area contributed by atoms with Crippen LogP contribution in [-0.4, -0.2) is 20.1 Å². The second-order valence-corrected chi connectivity index (χ2v) is 8.50. The van der Waals surface area contributed by atoms with Gasteiger partial charge in [0.05, 0.1) is 5.56 Å². The zero-order valence-electron chi connectivity index (χ0n) is 17.1. The largest absolute Gasteiger partial charge is 0.416 e. The van der Waals surface area contributed by atoms with Gasteiger partial charge in [0.25, 0.3) is 0 Å². The number of anilines is 3. The van der Waals surface area contributed by atoms with E-state index in [1.807, 2.05) is 18.4 Å². The minimum Gasteiger partial charge on any atom is -0.324 e. The van der Waals surface area contributed by atoms with E-state index in [0.29, 0.717) is 35.0 Å². The third-order valence-electron chi connectivity index (χ3n) is 4.48. The Labute approximate surface area is 195 Å². The maximum absolute atomic E-state index is 12.9. The van der Waals surface area contributed by atoms with Crippen molar-refractivity contribution in [2.75, 3.05) is 10.0 Å². The first-order chi connectivity index (χ1) is 15.8. The topological polar surface area (TPSA) is 79.8 Å². The quantitative estimate of drug-likeness (QED) is 0.298. The molecule has 6 nitrogen and oxygen atoms in total. The molecule has 0 fully saturated rings. The number of nitrogens with zero attached hydrogens (tertiary/aromatic N) is 3. The summed E-state index contributed by atoms with van der Waals surface area (Å²) in [6.07, 6.45) is -1.18. The average molecular weight is 488 g/mol. The number of halogens is 3. The lowest BCUT2D eigenvalue weighted by Crippen LogP contribution is -2.07. The first-order valence-electron chi connectivity index (χ1n) is 9.54. The molecule has 0 saturated carbocycles. The highest BCUT2D eigenvalue weighted by Crippen LogP contribution is 2.31. The second kappa shape index (κ2) is 9.59. The van der Waals surface area contributed by atoms with Gasteiger partial charge in [-0.15, -0.1) is 11.3 Å².